The summed E-state index contributed by atoms with van der Waals surface area (Å²) in [5.41, 5.74) is 2.60. The zero-order valence-electron chi connectivity index (χ0n) is 13.9. The molecule has 0 saturated carbocycles. The highest BCUT2D eigenvalue weighted by Crippen LogP contribution is 2.26. The van der Waals surface area contributed by atoms with Crippen LogP contribution in [0, 0.1) is 0 Å². The molecular formula is C17H30N2O2. The maximum absolute atomic E-state index is 5.24. The molecule has 4 heteroatoms. The van der Waals surface area contributed by atoms with Crippen molar-refractivity contribution in [3.05, 3.63) is 29.8 Å². The number of anilines is 1. The van der Waals surface area contributed by atoms with Gasteiger partial charge >= 0.3 is 0 Å². The van der Waals surface area contributed by atoms with Crippen LogP contribution in [0.1, 0.15) is 31.9 Å². The number of nitrogens with zero attached hydrogens (tertiary/aromatic N) is 1. The Morgan fingerprint density at radius 3 is 2.29 bits per heavy atom. The number of methoxy groups -OCH3 is 2. The highest BCUT2D eigenvalue weighted by Gasteiger charge is 2.14. The molecule has 120 valence electrons. The summed E-state index contributed by atoms with van der Waals surface area (Å²) in [6.07, 6.45) is 1.14. The molecule has 0 heterocycles. The lowest BCUT2D eigenvalue weighted by molar-refractivity contribution is 0.190. The summed E-state index contributed by atoms with van der Waals surface area (Å²) in [5, 5.41) is 3.57. The molecule has 0 aliphatic rings. The van der Waals surface area contributed by atoms with Gasteiger partial charge in [-0.25, -0.2) is 0 Å². The molecule has 4 nitrogen and oxygen atoms in total. The Labute approximate surface area is 129 Å². The minimum atomic E-state index is 0.341. The van der Waals surface area contributed by atoms with Crippen LogP contribution < -0.4 is 10.2 Å². The molecule has 1 aromatic carbocycles. The minimum absolute atomic E-state index is 0.341. The standard InChI is InChI=1S/C17H30N2O2/c1-5-10-18-15(2)16-8-6-7-9-17(16)19(11-13-20-3)12-14-21-4/h6-9,15,18H,5,10-14H2,1-4H3. The normalized spacial score (nSPS) is 12.4. The monoisotopic (exact) mass is 294 g/mol. The molecule has 1 rings (SSSR count). The average molecular weight is 294 g/mol. The van der Waals surface area contributed by atoms with E-state index in [-0.39, 0.29) is 0 Å². The second kappa shape index (κ2) is 10.6. The molecule has 1 unspecified atom stereocenters. The van der Waals surface area contributed by atoms with Gasteiger partial charge in [-0.2, -0.15) is 0 Å². The SMILES string of the molecule is CCCNC(C)c1ccccc1N(CCOC)CCOC. The molecule has 0 aromatic heterocycles. The molecule has 0 bridgehead atoms. The smallest absolute Gasteiger partial charge is 0.0637 e. The Kier molecular flexibility index (Phi) is 9.06. The van der Waals surface area contributed by atoms with Crippen LogP contribution in [0.2, 0.25) is 0 Å². The lowest BCUT2D eigenvalue weighted by atomic mass is 10.0. The molecule has 0 spiro atoms. The highest BCUT2D eigenvalue weighted by atomic mass is 16.5. The Hall–Kier alpha value is -1.10. The van der Waals surface area contributed by atoms with Gasteiger partial charge in [0.2, 0.25) is 0 Å². The fourth-order valence-corrected chi connectivity index (χ4v) is 2.37. The van der Waals surface area contributed by atoms with Crippen molar-refractivity contribution in [2.24, 2.45) is 0 Å². The van der Waals surface area contributed by atoms with Crippen LogP contribution in [0.25, 0.3) is 0 Å². The quantitative estimate of drug-likeness (QED) is 0.680. The number of rotatable bonds is 11. The van der Waals surface area contributed by atoms with Crippen molar-refractivity contribution >= 4 is 5.69 Å². The predicted molar refractivity (Wildman–Crippen MR) is 89.1 cm³/mol. The Bertz CT molecular complexity index is 377. The van der Waals surface area contributed by atoms with E-state index in [1.54, 1.807) is 14.2 Å². The molecule has 1 N–H and O–H groups in total. The van der Waals surface area contributed by atoms with Crippen molar-refractivity contribution in [2.75, 3.05) is 52.0 Å². The Morgan fingerprint density at radius 1 is 1.10 bits per heavy atom. The zero-order chi connectivity index (χ0) is 15.5. The van der Waals surface area contributed by atoms with Gasteiger partial charge in [-0.15, -0.1) is 0 Å². The third kappa shape index (κ3) is 6.04. The van der Waals surface area contributed by atoms with E-state index in [0.717, 1.165) is 39.3 Å². The fraction of sp³-hybridized carbons (Fsp3) is 0.647. The minimum Gasteiger partial charge on any atom is -0.383 e. The third-order valence-electron chi connectivity index (χ3n) is 3.58. The summed E-state index contributed by atoms with van der Waals surface area (Å²) < 4.78 is 10.5. The first-order valence-electron chi connectivity index (χ1n) is 7.79. The Balaban J connectivity index is 2.89. The van der Waals surface area contributed by atoms with Crippen LogP contribution >= 0.6 is 0 Å². The van der Waals surface area contributed by atoms with Gasteiger partial charge in [0, 0.05) is 39.0 Å². The predicted octanol–water partition coefficient (Wildman–Crippen LogP) is 2.85. The van der Waals surface area contributed by atoms with Gasteiger partial charge in [0.15, 0.2) is 0 Å². The number of ether oxygens (including phenoxy) is 2. The van der Waals surface area contributed by atoms with E-state index in [1.807, 2.05) is 0 Å². The summed E-state index contributed by atoms with van der Waals surface area (Å²) in [6.45, 7) is 8.62. The molecule has 1 aromatic rings. The summed E-state index contributed by atoms with van der Waals surface area (Å²) in [6, 6.07) is 8.93. The summed E-state index contributed by atoms with van der Waals surface area (Å²) >= 11 is 0. The molecule has 21 heavy (non-hydrogen) atoms. The summed E-state index contributed by atoms with van der Waals surface area (Å²) in [4.78, 5) is 2.34. The highest BCUT2D eigenvalue weighted by molar-refractivity contribution is 5.55. The van der Waals surface area contributed by atoms with Gasteiger partial charge in [0.1, 0.15) is 0 Å². The van der Waals surface area contributed by atoms with Crippen molar-refractivity contribution in [3.8, 4) is 0 Å². The van der Waals surface area contributed by atoms with Crippen LogP contribution in [0.5, 0.6) is 0 Å². The van der Waals surface area contributed by atoms with Crippen LogP contribution in [0.15, 0.2) is 24.3 Å². The van der Waals surface area contributed by atoms with Gasteiger partial charge in [-0.05, 0) is 31.5 Å². The van der Waals surface area contributed by atoms with Crippen molar-refractivity contribution in [1.29, 1.82) is 0 Å². The lowest BCUT2D eigenvalue weighted by Gasteiger charge is -2.29. The van der Waals surface area contributed by atoms with Gasteiger partial charge in [-0.3, -0.25) is 0 Å². The van der Waals surface area contributed by atoms with Gasteiger partial charge < -0.3 is 19.7 Å². The van der Waals surface area contributed by atoms with Crippen LogP contribution in [0.3, 0.4) is 0 Å². The van der Waals surface area contributed by atoms with Crippen molar-refractivity contribution in [1.82, 2.24) is 5.32 Å². The van der Waals surface area contributed by atoms with E-state index >= 15 is 0 Å². The fourth-order valence-electron chi connectivity index (χ4n) is 2.37. The van der Waals surface area contributed by atoms with Crippen molar-refractivity contribution in [3.63, 3.8) is 0 Å². The lowest BCUT2D eigenvalue weighted by Crippen LogP contribution is -2.32. The van der Waals surface area contributed by atoms with Crippen molar-refractivity contribution < 1.29 is 9.47 Å². The van der Waals surface area contributed by atoms with Crippen LogP contribution in [-0.2, 0) is 9.47 Å². The molecule has 1 atom stereocenters. The zero-order valence-corrected chi connectivity index (χ0v) is 13.9. The molecule has 0 aliphatic heterocycles. The first-order chi connectivity index (χ1) is 10.2. The first-order valence-corrected chi connectivity index (χ1v) is 7.79. The largest absolute Gasteiger partial charge is 0.383 e. The van der Waals surface area contributed by atoms with E-state index in [0.29, 0.717) is 6.04 Å². The topological polar surface area (TPSA) is 33.7 Å². The van der Waals surface area contributed by atoms with Gasteiger partial charge in [0.05, 0.1) is 13.2 Å². The summed E-state index contributed by atoms with van der Waals surface area (Å²) in [5.74, 6) is 0. The van der Waals surface area contributed by atoms with E-state index in [2.05, 4.69) is 48.3 Å². The number of nitrogens with one attached hydrogen (secondary N) is 1. The van der Waals surface area contributed by atoms with Gasteiger partial charge in [-0.1, -0.05) is 25.1 Å². The summed E-state index contributed by atoms with van der Waals surface area (Å²) in [7, 11) is 3.48. The Morgan fingerprint density at radius 2 is 1.71 bits per heavy atom. The third-order valence-corrected chi connectivity index (χ3v) is 3.58. The number of para-hydroxylation sites is 1. The molecule has 0 amide bonds. The van der Waals surface area contributed by atoms with E-state index < -0.39 is 0 Å². The number of hydrogen-bond donors (Lipinski definition) is 1. The second-order valence-corrected chi connectivity index (χ2v) is 5.21. The maximum Gasteiger partial charge on any atom is 0.0637 e. The van der Waals surface area contributed by atoms with Gasteiger partial charge in [0.25, 0.3) is 0 Å². The van der Waals surface area contributed by atoms with E-state index in [9.17, 15) is 0 Å². The van der Waals surface area contributed by atoms with Crippen molar-refractivity contribution in [2.45, 2.75) is 26.3 Å². The number of benzene rings is 1. The average Bonchev–Trinajstić information content (AvgIpc) is 2.53. The van der Waals surface area contributed by atoms with E-state index in [4.69, 9.17) is 9.47 Å². The number of hydrogen-bond acceptors (Lipinski definition) is 4. The maximum atomic E-state index is 5.24. The second-order valence-electron chi connectivity index (χ2n) is 5.21. The molecular weight excluding hydrogens is 264 g/mol. The first kappa shape index (κ1) is 18.0. The molecule has 0 radical (unpaired) electrons. The molecule has 0 aliphatic carbocycles. The van der Waals surface area contributed by atoms with Crippen LogP contribution in [0.4, 0.5) is 5.69 Å². The molecule has 0 saturated heterocycles. The van der Waals surface area contributed by atoms with E-state index in [1.165, 1.54) is 11.3 Å². The molecule has 0 fully saturated rings. The van der Waals surface area contributed by atoms with Crippen LogP contribution in [-0.4, -0.2) is 47.1 Å².